The summed E-state index contributed by atoms with van der Waals surface area (Å²) >= 11 is 0. The Bertz CT molecular complexity index is 1060. The van der Waals surface area contributed by atoms with E-state index in [9.17, 15) is 0 Å². The number of rotatable bonds is 5. The Balaban J connectivity index is 0.00000272. The van der Waals surface area contributed by atoms with E-state index in [4.69, 9.17) is 0 Å². The van der Waals surface area contributed by atoms with Crippen molar-refractivity contribution in [2.45, 2.75) is 47.1 Å². The molecule has 0 atom stereocenters. The van der Waals surface area contributed by atoms with E-state index in [0.717, 1.165) is 12.8 Å². The molecule has 0 saturated carbocycles. The normalized spacial score (nSPS) is 12.3. The molecule has 0 unspecified atom stereocenters. The largest absolute Gasteiger partial charge is 4.00 e. The summed E-state index contributed by atoms with van der Waals surface area (Å²) in [6, 6.07) is 25.1. The molecule has 0 saturated heterocycles. The van der Waals surface area contributed by atoms with Gasteiger partial charge in [0, 0.05) is 0 Å². The second-order valence-corrected chi connectivity index (χ2v) is 12.9. The zero-order chi connectivity index (χ0) is 21.3. The van der Waals surface area contributed by atoms with Gasteiger partial charge in [0.05, 0.1) is 0 Å². The molecular weight excluding hydrogens is 531 g/mol. The molecule has 0 heterocycles. The Hall–Kier alpha value is -1.06. The molecule has 176 valence electrons. The fourth-order valence-corrected chi connectivity index (χ4v) is 9.21. The van der Waals surface area contributed by atoms with Gasteiger partial charge in [-0.1, -0.05) is 118 Å². The van der Waals surface area contributed by atoms with Crippen molar-refractivity contribution in [2.24, 2.45) is 0 Å². The van der Waals surface area contributed by atoms with Gasteiger partial charge in [-0.25, -0.2) is 5.20 Å². The molecule has 0 nitrogen and oxygen atoms in total. The van der Waals surface area contributed by atoms with Gasteiger partial charge in [-0.3, -0.25) is 6.08 Å². The van der Waals surface area contributed by atoms with Crippen molar-refractivity contribution >= 4 is 18.4 Å². The second-order valence-electron chi connectivity index (χ2n) is 9.03. The van der Waals surface area contributed by atoms with Crippen LogP contribution in [0.1, 0.15) is 34.2 Å². The Morgan fingerprint density at radius 2 is 1.15 bits per heavy atom. The van der Waals surface area contributed by atoms with Crippen molar-refractivity contribution in [3.05, 3.63) is 117 Å². The number of allylic oxidation sites excluding steroid dienone is 4. The van der Waals surface area contributed by atoms with Gasteiger partial charge in [0.25, 0.3) is 0 Å². The van der Waals surface area contributed by atoms with Gasteiger partial charge in [-0.2, -0.15) is 11.6 Å². The zero-order valence-electron chi connectivity index (χ0n) is 20.5. The van der Waals surface area contributed by atoms with Crippen LogP contribution in [0.5, 0.6) is 0 Å². The van der Waals surface area contributed by atoms with E-state index in [0.29, 0.717) is 0 Å². The third-order valence-electron chi connectivity index (χ3n) is 6.28. The van der Waals surface area contributed by atoms with Crippen LogP contribution in [0.25, 0.3) is 0 Å². The van der Waals surface area contributed by atoms with Crippen LogP contribution in [0.3, 0.4) is 0 Å². The topological polar surface area (TPSA) is 0 Å². The van der Waals surface area contributed by atoms with Crippen molar-refractivity contribution in [2.75, 3.05) is 0 Å². The van der Waals surface area contributed by atoms with Gasteiger partial charge in [-0.05, 0) is 27.7 Å². The summed E-state index contributed by atoms with van der Waals surface area (Å²) in [7, 11) is -2.17. The second kappa shape index (κ2) is 13.9. The Labute approximate surface area is 240 Å². The van der Waals surface area contributed by atoms with E-state index in [2.05, 4.69) is 113 Å². The third kappa shape index (κ3) is 7.00. The van der Waals surface area contributed by atoms with Crippen LogP contribution in [-0.4, -0.2) is 8.07 Å². The molecule has 0 radical (unpaired) electrons. The number of benzene rings is 3. The Kier molecular flexibility index (Phi) is 13.4. The summed E-state index contributed by atoms with van der Waals surface area (Å²) in [5.74, 6) is 0. The number of aryl methyl sites for hydroxylation is 4. The van der Waals surface area contributed by atoms with Crippen molar-refractivity contribution in [1.29, 1.82) is 0 Å². The molecule has 0 fully saturated rings. The van der Waals surface area contributed by atoms with Gasteiger partial charge in [-0.15, -0.1) is 6.42 Å². The number of hydrogen-bond acceptors (Lipinski definition) is 0. The van der Waals surface area contributed by atoms with Gasteiger partial charge in [0.15, 0.2) is 0 Å². The van der Waals surface area contributed by atoms with E-state index >= 15 is 0 Å². The monoisotopic (exact) mass is 560 g/mol. The van der Waals surface area contributed by atoms with E-state index in [1.807, 2.05) is 0 Å². The molecule has 0 aromatic heterocycles. The van der Waals surface area contributed by atoms with Crippen LogP contribution in [0.2, 0.25) is 6.55 Å². The minimum atomic E-state index is -2.17. The predicted octanol–water partition coefficient (Wildman–Crippen LogP) is -3.04. The first-order chi connectivity index (χ1) is 14.4. The fourth-order valence-electron chi connectivity index (χ4n) is 4.95. The van der Waals surface area contributed by atoms with Gasteiger partial charge < -0.3 is 37.2 Å². The van der Waals surface area contributed by atoms with E-state index in [-0.39, 0.29) is 58.9 Å². The first kappa shape index (κ1) is 32.9. The van der Waals surface area contributed by atoms with Crippen LogP contribution >= 0.6 is 0 Å². The SMILES string of the molecule is Cc1cc(C)cc([Si](C)(C2=[C-]CC=C2Cc2ccccc2)c2cc(C)cc(C)c2)c1.[Cl-].[Cl-].[Cl-].[Ti+4]. The first-order valence-electron chi connectivity index (χ1n) is 10.9. The smallest absolute Gasteiger partial charge is 1.00 e. The van der Waals surface area contributed by atoms with Gasteiger partial charge in [0.1, 0.15) is 8.07 Å². The predicted molar refractivity (Wildman–Crippen MR) is 132 cm³/mol. The summed E-state index contributed by atoms with van der Waals surface area (Å²) < 4.78 is 0. The van der Waals surface area contributed by atoms with Crippen LogP contribution in [0.15, 0.2) is 83.6 Å². The Morgan fingerprint density at radius 3 is 1.59 bits per heavy atom. The number of hydrogen-bond donors (Lipinski definition) is 0. The van der Waals surface area contributed by atoms with Crippen molar-refractivity contribution in [3.8, 4) is 0 Å². The minimum absolute atomic E-state index is 0. The van der Waals surface area contributed by atoms with E-state index in [1.165, 1.54) is 49.0 Å². The van der Waals surface area contributed by atoms with E-state index in [1.54, 1.807) is 0 Å². The minimum Gasteiger partial charge on any atom is -1.00 e. The molecule has 34 heavy (non-hydrogen) atoms. The number of halogens is 3. The van der Waals surface area contributed by atoms with Gasteiger partial charge >= 0.3 is 21.7 Å². The van der Waals surface area contributed by atoms with Crippen molar-refractivity contribution < 1.29 is 58.9 Å². The van der Waals surface area contributed by atoms with Crippen LogP contribution in [0.4, 0.5) is 0 Å². The fraction of sp³-hybridized carbons (Fsp3) is 0.241. The summed E-state index contributed by atoms with van der Waals surface area (Å²) in [6.07, 6.45) is 8.14. The van der Waals surface area contributed by atoms with Crippen molar-refractivity contribution in [1.82, 2.24) is 0 Å². The zero-order valence-corrected chi connectivity index (χ0v) is 25.3. The van der Waals surface area contributed by atoms with E-state index < -0.39 is 8.07 Å². The molecule has 1 aliphatic carbocycles. The molecular formula is C29H31Cl3SiTi. The molecule has 0 bridgehead atoms. The first-order valence-corrected chi connectivity index (χ1v) is 13.4. The van der Waals surface area contributed by atoms with Crippen LogP contribution in [0, 0.1) is 33.8 Å². The standard InChI is InChI=1S/C29H31Si.3ClH.Ti/c1-21-14-22(2)17-27(16-21)30(5,28-18-23(3)15-24(4)19-28)29-13-9-12-26(29)20-25-10-7-6-8-11-25;;;;/h6-8,10-12,14-19H,9,20H2,1-5H3;3*1H;/q-1;;;;+4/p-3. The van der Waals surface area contributed by atoms with Gasteiger partial charge in [0.2, 0.25) is 0 Å². The molecule has 0 spiro atoms. The molecule has 5 heteroatoms. The molecule has 0 amide bonds. The summed E-state index contributed by atoms with van der Waals surface area (Å²) in [5.41, 5.74) is 8.23. The average molecular weight is 562 g/mol. The summed E-state index contributed by atoms with van der Waals surface area (Å²) in [4.78, 5) is 0. The van der Waals surface area contributed by atoms with Crippen LogP contribution < -0.4 is 47.6 Å². The van der Waals surface area contributed by atoms with Crippen molar-refractivity contribution in [3.63, 3.8) is 0 Å². The molecule has 0 aliphatic heterocycles. The van der Waals surface area contributed by atoms with Crippen LogP contribution in [-0.2, 0) is 28.1 Å². The molecule has 1 aliphatic rings. The average Bonchev–Trinajstić information content (AvgIpc) is 3.15. The quantitative estimate of drug-likeness (QED) is 0.230. The molecule has 0 N–H and O–H groups in total. The Morgan fingerprint density at radius 1 is 0.706 bits per heavy atom. The maximum absolute atomic E-state index is 3.83. The summed E-state index contributed by atoms with van der Waals surface area (Å²) in [5, 5.41) is 4.46. The molecule has 3 aromatic carbocycles. The molecule has 3 aromatic rings. The maximum atomic E-state index is 3.83. The summed E-state index contributed by atoms with van der Waals surface area (Å²) in [6.45, 7) is 11.4. The molecule has 4 rings (SSSR count). The maximum Gasteiger partial charge on any atom is 4.00 e. The third-order valence-corrected chi connectivity index (χ3v) is 10.7.